The summed E-state index contributed by atoms with van der Waals surface area (Å²) in [6.07, 6.45) is 6.03. The molecule has 2 aliphatic rings. The fraction of sp³-hybridized carbons (Fsp3) is 0.522. The summed E-state index contributed by atoms with van der Waals surface area (Å²) in [6.45, 7) is 5.96. The standard InChI is InChI=1S/C23H30N2O3S/c1-18-6-5-7-21(16-18)29(27)17-20-8-9-22(28-20)23(26)25-14-10-19(11-15-25)24-12-3-2-4-13-24/h5-9,16,19H,2-4,10-15,17H2,1H3/t29-/m1/s1. The molecule has 2 saturated heterocycles. The Balaban J connectivity index is 1.32. The molecule has 1 aromatic carbocycles. The molecule has 0 bridgehead atoms. The van der Waals surface area contributed by atoms with Crippen LogP contribution >= 0.6 is 0 Å². The zero-order valence-electron chi connectivity index (χ0n) is 17.1. The number of rotatable bonds is 5. The van der Waals surface area contributed by atoms with E-state index in [0.29, 0.717) is 17.6 Å². The minimum Gasteiger partial charge on any atom is -0.455 e. The van der Waals surface area contributed by atoms with Crippen LogP contribution in [0.25, 0.3) is 0 Å². The SMILES string of the molecule is Cc1cccc([S@](=O)Cc2ccc(C(=O)N3CCC(N4CCCCC4)CC3)o2)c1. The molecule has 2 aromatic rings. The first-order chi connectivity index (χ1) is 14.1. The van der Waals surface area contributed by atoms with Gasteiger partial charge in [-0.15, -0.1) is 0 Å². The molecule has 29 heavy (non-hydrogen) atoms. The minimum absolute atomic E-state index is 0.0466. The van der Waals surface area contributed by atoms with Gasteiger partial charge >= 0.3 is 0 Å². The Morgan fingerprint density at radius 3 is 2.55 bits per heavy atom. The van der Waals surface area contributed by atoms with Gasteiger partial charge in [0.15, 0.2) is 5.76 Å². The van der Waals surface area contributed by atoms with Gasteiger partial charge in [0.25, 0.3) is 5.91 Å². The van der Waals surface area contributed by atoms with Crippen molar-refractivity contribution in [3.05, 3.63) is 53.5 Å². The van der Waals surface area contributed by atoms with Gasteiger partial charge in [-0.05, 0) is 75.5 Å². The van der Waals surface area contributed by atoms with E-state index in [2.05, 4.69) is 4.90 Å². The summed E-state index contributed by atoms with van der Waals surface area (Å²) in [5, 5.41) is 0. The number of nitrogens with zero attached hydrogens (tertiary/aromatic N) is 2. The van der Waals surface area contributed by atoms with Crippen LogP contribution in [0.4, 0.5) is 0 Å². The maximum Gasteiger partial charge on any atom is 0.289 e. The molecule has 5 nitrogen and oxygen atoms in total. The predicted octanol–water partition coefficient (Wildman–Crippen LogP) is 3.99. The van der Waals surface area contributed by atoms with Gasteiger partial charge in [-0.2, -0.15) is 0 Å². The number of piperidine rings is 2. The summed E-state index contributed by atoms with van der Waals surface area (Å²) >= 11 is 0. The number of aryl methyl sites for hydroxylation is 1. The number of hydrogen-bond donors (Lipinski definition) is 0. The Hall–Kier alpha value is -1.92. The first kappa shape index (κ1) is 20.4. The zero-order valence-corrected chi connectivity index (χ0v) is 18.0. The largest absolute Gasteiger partial charge is 0.455 e. The van der Waals surface area contributed by atoms with Gasteiger partial charge < -0.3 is 14.2 Å². The fourth-order valence-corrected chi connectivity index (χ4v) is 5.54. The third kappa shape index (κ3) is 4.98. The predicted molar refractivity (Wildman–Crippen MR) is 114 cm³/mol. The molecule has 156 valence electrons. The van der Waals surface area contributed by atoms with E-state index in [1.54, 1.807) is 12.1 Å². The summed E-state index contributed by atoms with van der Waals surface area (Å²) in [6, 6.07) is 11.8. The Labute approximate surface area is 175 Å². The van der Waals surface area contributed by atoms with Crippen molar-refractivity contribution in [1.29, 1.82) is 0 Å². The number of carbonyl (C=O) groups is 1. The van der Waals surface area contributed by atoms with Crippen LogP contribution in [-0.2, 0) is 16.6 Å². The molecule has 6 heteroatoms. The van der Waals surface area contributed by atoms with Crippen LogP contribution in [0.3, 0.4) is 0 Å². The number of hydrogen-bond acceptors (Lipinski definition) is 4. The van der Waals surface area contributed by atoms with Crippen LogP contribution in [0.15, 0.2) is 45.7 Å². The maximum absolute atomic E-state index is 12.8. The normalized spacial score (nSPS) is 20.0. The van der Waals surface area contributed by atoms with E-state index in [9.17, 15) is 9.00 Å². The number of furan rings is 1. The second kappa shape index (κ2) is 9.26. The van der Waals surface area contributed by atoms with E-state index in [1.807, 2.05) is 36.1 Å². The summed E-state index contributed by atoms with van der Waals surface area (Å²) in [5.41, 5.74) is 1.08. The molecular formula is C23H30N2O3S. The molecule has 0 spiro atoms. The third-order valence-electron chi connectivity index (χ3n) is 6.06. The van der Waals surface area contributed by atoms with E-state index in [1.165, 1.54) is 32.4 Å². The smallest absolute Gasteiger partial charge is 0.289 e. The molecule has 2 fully saturated rings. The Kier molecular flexibility index (Phi) is 6.50. The van der Waals surface area contributed by atoms with Gasteiger partial charge in [0.1, 0.15) is 5.76 Å². The molecular weight excluding hydrogens is 384 g/mol. The van der Waals surface area contributed by atoms with E-state index in [0.717, 1.165) is 36.4 Å². The van der Waals surface area contributed by atoms with Gasteiger partial charge in [-0.1, -0.05) is 18.6 Å². The summed E-state index contributed by atoms with van der Waals surface area (Å²) < 4.78 is 18.4. The van der Waals surface area contributed by atoms with Crippen LogP contribution in [-0.4, -0.2) is 52.1 Å². The maximum atomic E-state index is 12.8. The Bertz CT molecular complexity index is 865. The highest BCUT2D eigenvalue weighted by atomic mass is 32.2. The van der Waals surface area contributed by atoms with E-state index in [4.69, 9.17) is 4.42 Å². The summed E-state index contributed by atoms with van der Waals surface area (Å²) in [4.78, 5) is 18.1. The van der Waals surface area contributed by atoms with Crippen molar-refractivity contribution >= 4 is 16.7 Å². The lowest BCUT2D eigenvalue weighted by molar-refractivity contribution is 0.0561. The number of amides is 1. The van der Waals surface area contributed by atoms with Crippen molar-refractivity contribution in [2.45, 2.75) is 55.7 Å². The van der Waals surface area contributed by atoms with Crippen molar-refractivity contribution in [1.82, 2.24) is 9.80 Å². The number of benzene rings is 1. The quantitative estimate of drug-likeness (QED) is 0.742. The van der Waals surface area contributed by atoms with Crippen LogP contribution in [0.1, 0.15) is 54.0 Å². The molecule has 0 aliphatic carbocycles. The third-order valence-corrected chi connectivity index (χ3v) is 7.38. The average molecular weight is 415 g/mol. The van der Waals surface area contributed by atoms with E-state index >= 15 is 0 Å². The van der Waals surface area contributed by atoms with E-state index < -0.39 is 10.8 Å². The Morgan fingerprint density at radius 1 is 1.07 bits per heavy atom. The molecule has 0 unspecified atom stereocenters. The van der Waals surface area contributed by atoms with Crippen molar-refractivity contribution in [3.63, 3.8) is 0 Å². The average Bonchev–Trinajstić information content (AvgIpc) is 3.22. The fourth-order valence-electron chi connectivity index (χ4n) is 4.41. The number of likely N-dealkylation sites (tertiary alicyclic amines) is 2. The molecule has 2 aliphatic heterocycles. The summed E-state index contributed by atoms with van der Waals surface area (Å²) in [7, 11) is -1.18. The van der Waals surface area contributed by atoms with Gasteiger partial charge in [0, 0.05) is 24.0 Å². The first-order valence-corrected chi connectivity index (χ1v) is 12.0. The second-order valence-electron chi connectivity index (χ2n) is 8.19. The molecule has 0 N–H and O–H groups in total. The molecule has 1 amide bonds. The topological polar surface area (TPSA) is 53.8 Å². The highest BCUT2D eigenvalue weighted by molar-refractivity contribution is 7.84. The van der Waals surface area contributed by atoms with Crippen molar-refractivity contribution in [2.75, 3.05) is 26.2 Å². The minimum atomic E-state index is -1.18. The van der Waals surface area contributed by atoms with Crippen LogP contribution in [0, 0.1) is 6.92 Å². The van der Waals surface area contributed by atoms with Gasteiger partial charge in [-0.3, -0.25) is 9.00 Å². The van der Waals surface area contributed by atoms with Crippen LogP contribution in [0.5, 0.6) is 0 Å². The molecule has 3 heterocycles. The lowest BCUT2D eigenvalue weighted by Crippen LogP contribution is -2.48. The second-order valence-corrected chi connectivity index (χ2v) is 9.64. The highest BCUT2D eigenvalue weighted by Crippen LogP contribution is 2.23. The monoisotopic (exact) mass is 414 g/mol. The highest BCUT2D eigenvalue weighted by Gasteiger charge is 2.29. The first-order valence-electron chi connectivity index (χ1n) is 10.7. The van der Waals surface area contributed by atoms with Gasteiger partial charge in [-0.25, -0.2) is 0 Å². The zero-order chi connectivity index (χ0) is 20.2. The van der Waals surface area contributed by atoms with Crippen LogP contribution < -0.4 is 0 Å². The number of carbonyl (C=O) groups excluding carboxylic acids is 1. The summed E-state index contributed by atoms with van der Waals surface area (Å²) in [5.74, 6) is 1.19. The molecule has 0 radical (unpaired) electrons. The van der Waals surface area contributed by atoms with Crippen molar-refractivity contribution in [3.8, 4) is 0 Å². The molecule has 1 aromatic heterocycles. The molecule has 4 rings (SSSR count). The van der Waals surface area contributed by atoms with Crippen molar-refractivity contribution < 1.29 is 13.4 Å². The Morgan fingerprint density at radius 2 is 1.83 bits per heavy atom. The van der Waals surface area contributed by atoms with Gasteiger partial charge in [0.05, 0.1) is 16.6 Å². The molecule has 0 saturated carbocycles. The lowest BCUT2D eigenvalue weighted by atomic mass is 10.00. The van der Waals surface area contributed by atoms with Gasteiger partial charge in [0.2, 0.25) is 0 Å². The molecule has 1 atom stereocenters. The lowest BCUT2D eigenvalue weighted by Gasteiger charge is -2.40. The van der Waals surface area contributed by atoms with Crippen molar-refractivity contribution in [2.24, 2.45) is 0 Å². The van der Waals surface area contributed by atoms with E-state index in [-0.39, 0.29) is 11.7 Å². The van der Waals surface area contributed by atoms with Crippen LogP contribution in [0.2, 0.25) is 0 Å².